The van der Waals surface area contributed by atoms with Gasteiger partial charge in [0, 0.05) is 12.3 Å². The van der Waals surface area contributed by atoms with Crippen molar-refractivity contribution < 1.29 is 14.6 Å². The first-order chi connectivity index (χ1) is 9.36. The number of hydrogen-bond acceptors (Lipinski definition) is 3. The van der Waals surface area contributed by atoms with E-state index in [1.54, 1.807) is 6.07 Å². The lowest BCUT2D eigenvalue weighted by atomic mass is 9.87. The SMILES string of the molecule is CC(C)(C)c1ccc(Oc2ccnc(C(=O)O)c2)cc1. The Morgan fingerprint density at radius 3 is 2.30 bits per heavy atom. The predicted octanol–water partition coefficient (Wildman–Crippen LogP) is 3.87. The second-order valence-electron chi connectivity index (χ2n) is 5.56. The Morgan fingerprint density at radius 1 is 1.10 bits per heavy atom. The molecule has 0 unspecified atom stereocenters. The number of carboxylic acid groups (broad SMARTS) is 1. The smallest absolute Gasteiger partial charge is 0.354 e. The summed E-state index contributed by atoms with van der Waals surface area (Å²) < 4.78 is 5.63. The van der Waals surface area contributed by atoms with E-state index in [1.165, 1.54) is 17.8 Å². The quantitative estimate of drug-likeness (QED) is 0.920. The van der Waals surface area contributed by atoms with Crippen molar-refractivity contribution in [2.24, 2.45) is 0 Å². The fourth-order valence-electron chi connectivity index (χ4n) is 1.75. The molecule has 0 saturated carbocycles. The maximum absolute atomic E-state index is 10.8. The van der Waals surface area contributed by atoms with E-state index < -0.39 is 5.97 Å². The van der Waals surface area contributed by atoms with E-state index >= 15 is 0 Å². The average Bonchev–Trinajstić information content (AvgIpc) is 2.38. The number of carboxylic acids is 1. The summed E-state index contributed by atoms with van der Waals surface area (Å²) in [6.07, 6.45) is 1.42. The van der Waals surface area contributed by atoms with Gasteiger partial charge in [-0.1, -0.05) is 32.9 Å². The third-order valence-electron chi connectivity index (χ3n) is 2.91. The normalized spacial score (nSPS) is 11.2. The van der Waals surface area contributed by atoms with Crippen molar-refractivity contribution in [1.82, 2.24) is 4.98 Å². The molecule has 1 heterocycles. The minimum Gasteiger partial charge on any atom is -0.477 e. The van der Waals surface area contributed by atoms with Gasteiger partial charge in [-0.3, -0.25) is 0 Å². The number of aromatic nitrogens is 1. The third-order valence-corrected chi connectivity index (χ3v) is 2.91. The molecule has 0 aliphatic carbocycles. The standard InChI is InChI=1S/C16H17NO3/c1-16(2,3)11-4-6-12(7-5-11)20-13-8-9-17-14(10-13)15(18)19/h4-10H,1-3H3,(H,18,19). The molecule has 0 amide bonds. The van der Waals surface area contributed by atoms with E-state index in [-0.39, 0.29) is 11.1 Å². The highest BCUT2D eigenvalue weighted by atomic mass is 16.5. The molecule has 0 atom stereocenters. The van der Waals surface area contributed by atoms with Crippen LogP contribution in [0.3, 0.4) is 0 Å². The van der Waals surface area contributed by atoms with Crippen LogP contribution in [0.5, 0.6) is 11.5 Å². The van der Waals surface area contributed by atoms with Crippen LogP contribution >= 0.6 is 0 Å². The molecule has 0 radical (unpaired) electrons. The zero-order valence-corrected chi connectivity index (χ0v) is 11.8. The third kappa shape index (κ3) is 3.35. The van der Waals surface area contributed by atoms with Crippen LogP contribution in [0.2, 0.25) is 0 Å². The lowest BCUT2D eigenvalue weighted by Crippen LogP contribution is -2.10. The number of nitrogens with zero attached hydrogens (tertiary/aromatic N) is 1. The van der Waals surface area contributed by atoms with Gasteiger partial charge in [0.05, 0.1) is 0 Å². The number of rotatable bonds is 3. The minimum atomic E-state index is -1.07. The molecule has 2 aromatic rings. The molecule has 0 fully saturated rings. The highest BCUT2D eigenvalue weighted by Gasteiger charge is 2.13. The number of benzene rings is 1. The van der Waals surface area contributed by atoms with Crippen LogP contribution in [0.15, 0.2) is 42.6 Å². The molecule has 2 rings (SSSR count). The maximum atomic E-state index is 10.8. The fourth-order valence-corrected chi connectivity index (χ4v) is 1.75. The number of hydrogen-bond donors (Lipinski definition) is 1. The van der Waals surface area contributed by atoms with Crippen molar-refractivity contribution in [3.8, 4) is 11.5 Å². The number of aromatic carboxylic acids is 1. The van der Waals surface area contributed by atoms with Gasteiger partial charge in [0.1, 0.15) is 11.5 Å². The number of carbonyl (C=O) groups is 1. The van der Waals surface area contributed by atoms with E-state index in [2.05, 4.69) is 25.8 Å². The molecule has 1 aromatic carbocycles. The van der Waals surface area contributed by atoms with Crippen molar-refractivity contribution >= 4 is 5.97 Å². The van der Waals surface area contributed by atoms with Crippen LogP contribution in [0.4, 0.5) is 0 Å². The summed E-state index contributed by atoms with van der Waals surface area (Å²) in [6.45, 7) is 6.43. The van der Waals surface area contributed by atoms with Crippen LogP contribution in [0, 0.1) is 0 Å². The Labute approximate surface area is 118 Å². The van der Waals surface area contributed by atoms with E-state index in [9.17, 15) is 4.79 Å². The van der Waals surface area contributed by atoms with Crippen molar-refractivity contribution in [2.45, 2.75) is 26.2 Å². The molecule has 0 saturated heterocycles. The van der Waals surface area contributed by atoms with Crippen LogP contribution in [0.1, 0.15) is 36.8 Å². The van der Waals surface area contributed by atoms with Gasteiger partial charge in [-0.2, -0.15) is 0 Å². The lowest BCUT2D eigenvalue weighted by molar-refractivity contribution is 0.0690. The molecule has 20 heavy (non-hydrogen) atoms. The topological polar surface area (TPSA) is 59.4 Å². The summed E-state index contributed by atoms with van der Waals surface area (Å²) in [4.78, 5) is 14.6. The molecular formula is C16H17NO3. The largest absolute Gasteiger partial charge is 0.477 e. The first-order valence-electron chi connectivity index (χ1n) is 6.34. The van der Waals surface area contributed by atoms with E-state index in [0.717, 1.165) is 0 Å². The summed E-state index contributed by atoms with van der Waals surface area (Å²) >= 11 is 0. The molecule has 0 aliphatic rings. The Balaban J connectivity index is 2.18. The van der Waals surface area contributed by atoms with Crippen LogP contribution in [-0.4, -0.2) is 16.1 Å². The van der Waals surface area contributed by atoms with Crippen molar-refractivity contribution in [3.63, 3.8) is 0 Å². The Hall–Kier alpha value is -2.36. The van der Waals surface area contributed by atoms with Gasteiger partial charge in [-0.25, -0.2) is 9.78 Å². The molecular weight excluding hydrogens is 254 g/mol. The summed E-state index contributed by atoms with van der Waals surface area (Å²) in [5.41, 5.74) is 1.27. The predicted molar refractivity (Wildman–Crippen MR) is 76.4 cm³/mol. The minimum absolute atomic E-state index is 0.0335. The van der Waals surface area contributed by atoms with Crippen molar-refractivity contribution in [3.05, 3.63) is 53.9 Å². The van der Waals surface area contributed by atoms with Crippen LogP contribution < -0.4 is 4.74 Å². The molecule has 0 aliphatic heterocycles. The van der Waals surface area contributed by atoms with Gasteiger partial charge in [0.15, 0.2) is 5.69 Å². The molecule has 1 N–H and O–H groups in total. The summed E-state index contributed by atoms with van der Waals surface area (Å²) in [6, 6.07) is 10.8. The van der Waals surface area contributed by atoms with Gasteiger partial charge in [-0.05, 0) is 29.2 Å². The maximum Gasteiger partial charge on any atom is 0.354 e. The summed E-state index contributed by atoms with van der Waals surface area (Å²) in [5, 5.41) is 8.88. The monoisotopic (exact) mass is 271 g/mol. The van der Waals surface area contributed by atoms with Gasteiger partial charge in [-0.15, -0.1) is 0 Å². The van der Waals surface area contributed by atoms with E-state index in [0.29, 0.717) is 11.5 Å². The summed E-state index contributed by atoms with van der Waals surface area (Å²) in [5.74, 6) is 0.0555. The molecule has 1 aromatic heterocycles. The van der Waals surface area contributed by atoms with Gasteiger partial charge in [0.25, 0.3) is 0 Å². The van der Waals surface area contributed by atoms with E-state index in [1.807, 2.05) is 24.3 Å². The fraction of sp³-hybridized carbons (Fsp3) is 0.250. The molecule has 0 spiro atoms. The zero-order valence-electron chi connectivity index (χ0n) is 11.8. The lowest BCUT2D eigenvalue weighted by Gasteiger charge is -2.19. The van der Waals surface area contributed by atoms with Gasteiger partial charge in [0.2, 0.25) is 0 Å². The molecule has 0 bridgehead atoms. The molecule has 4 heteroatoms. The van der Waals surface area contributed by atoms with Gasteiger partial charge >= 0.3 is 5.97 Å². The highest BCUT2D eigenvalue weighted by Crippen LogP contribution is 2.26. The number of pyridine rings is 1. The Bertz CT molecular complexity index is 612. The van der Waals surface area contributed by atoms with Crippen molar-refractivity contribution in [1.29, 1.82) is 0 Å². The molecule has 4 nitrogen and oxygen atoms in total. The first kappa shape index (κ1) is 14.1. The van der Waals surface area contributed by atoms with E-state index in [4.69, 9.17) is 9.84 Å². The Morgan fingerprint density at radius 2 is 1.75 bits per heavy atom. The molecule has 104 valence electrons. The first-order valence-corrected chi connectivity index (χ1v) is 6.34. The van der Waals surface area contributed by atoms with Crippen molar-refractivity contribution in [2.75, 3.05) is 0 Å². The second kappa shape index (κ2) is 5.33. The zero-order chi connectivity index (χ0) is 14.8. The summed E-state index contributed by atoms with van der Waals surface area (Å²) in [7, 11) is 0. The number of ether oxygens (including phenoxy) is 1. The average molecular weight is 271 g/mol. The van der Waals surface area contributed by atoms with Gasteiger partial charge < -0.3 is 9.84 Å². The highest BCUT2D eigenvalue weighted by molar-refractivity contribution is 5.85. The Kier molecular flexibility index (Phi) is 3.74. The van der Waals surface area contributed by atoms with Crippen LogP contribution in [-0.2, 0) is 5.41 Å². The van der Waals surface area contributed by atoms with Crippen LogP contribution in [0.25, 0.3) is 0 Å². The second-order valence-corrected chi connectivity index (χ2v) is 5.56.